The SMILES string of the molecule is Cc1nccn1-c1ncccc1CNC(=O)c1nccc2ccccc12. The first-order chi connectivity index (χ1) is 12.7. The molecule has 6 nitrogen and oxygen atoms in total. The van der Waals surface area contributed by atoms with E-state index in [2.05, 4.69) is 20.3 Å². The maximum atomic E-state index is 12.7. The molecular formula is C20H17N5O. The number of carbonyl (C=O) groups is 1. The van der Waals surface area contributed by atoms with Crippen molar-refractivity contribution in [1.29, 1.82) is 0 Å². The topological polar surface area (TPSA) is 72.7 Å². The summed E-state index contributed by atoms with van der Waals surface area (Å²) in [5, 5.41) is 4.78. The van der Waals surface area contributed by atoms with Crippen LogP contribution < -0.4 is 5.32 Å². The molecule has 3 aromatic heterocycles. The number of fused-ring (bicyclic) bond motifs is 1. The van der Waals surface area contributed by atoms with E-state index in [1.54, 1.807) is 18.6 Å². The van der Waals surface area contributed by atoms with E-state index in [1.807, 2.05) is 60.2 Å². The van der Waals surface area contributed by atoms with Crippen molar-refractivity contribution in [3.05, 3.63) is 84.3 Å². The number of nitrogens with one attached hydrogen (secondary N) is 1. The quantitative estimate of drug-likeness (QED) is 0.618. The van der Waals surface area contributed by atoms with Crippen LogP contribution in [0.2, 0.25) is 0 Å². The number of nitrogens with zero attached hydrogens (tertiary/aromatic N) is 4. The monoisotopic (exact) mass is 343 g/mol. The average molecular weight is 343 g/mol. The Kier molecular flexibility index (Phi) is 4.15. The van der Waals surface area contributed by atoms with Crippen LogP contribution in [0.1, 0.15) is 21.9 Å². The molecule has 0 atom stereocenters. The second kappa shape index (κ2) is 6.76. The minimum atomic E-state index is -0.209. The van der Waals surface area contributed by atoms with Gasteiger partial charge in [-0.3, -0.25) is 14.3 Å². The highest BCUT2D eigenvalue weighted by Gasteiger charge is 2.13. The molecule has 128 valence electrons. The normalized spacial score (nSPS) is 10.8. The summed E-state index contributed by atoms with van der Waals surface area (Å²) in [6.45, 7) is 2.27. The third-order valence-electron chi connectivity index (χ3n) is 4.25. The molecule has 4 aromatic rings. The van der Waals surface area contributed by atoms with Crippen molar-refractivity contribution < 1.29 is 4.79 Å². The standard InChI is InChI=1S/C20H17N5O/c1-14-21-11-12-25(14)19-16(6-4-9-23-19)13-24-20(26)18-17-7-3-2-5-15(17)8-10-22-18/h2-12H,13H2,1H3,(H,24,26). The zero-order valence-corrected chi connectivity index (χ0v) is 14.3. The molecule has 0 aliphatic heterocycles. The van der Waals surface area contributed by atoms with Crippen molar-refractivity contribution in [3.63, 3.8) is 0 Å². The minimum absolute atomic E-state index is 0.209. The lowest BCUT2D eigenvalue weighted by Crippen LogP contribution is -2.25. The second-order valence-corrected chi connectivity index (χ2v) is 5.89. The van der Waals surface area contributed by atoms with E-state index in [-0.39, 0.29) is 5.91 Å². The van der Waals surface area contributed by atoms with E-state index in [9.17, 15) is 4.79 Å². The summed E-state index contributed by atoms with van der Waals surface area (Å²) in [5.74, 6) is 1.39. The van der Waals surface area contributed by atoms with Crippen molar-refractivity contribution in [2.45, 2.75) is 13.5 Å². The molecule has 0 saturated heterocycles. The van der Waals surface area contributed by atoms with E-state index in [4.69, 9.17) is 0 Å². The summed E-state index contributed by atoms with van der Waals surface area (Å²) in [7, 11) is 0. The Bertz CT molecular complexity index is 1080. The fourth-order valence-corrected chi connectivity index (χ4v) is 2.95. The van der Waals surface area contributed by atoms with Gasteiger partial charge < -0.3 is 5.32 Å². The summed E-state index contributed by atoms with van der Waals surface area (Å²) >= 11 is 0. The van der Waals surface area contributed by atoms with E-state index in [0.717, 1.165) is 28.0 Å². The van der Waals surface area contributed by atoms with Crippen LogP contribution in [0.4, 0.5) is 0 Å². The van der Waals surface area contributed by atoms with Gasteiger partial charge in [0.2, 0.25) is 0 Å². The molecule has 0 radical (unpaired) electrons. The number of carbonyl (C=O) groups excluding carboxylic acids is 1. The fraction of sp³-hybridized carbons (Fsp3) is 0.100. The van der Waals surface area contributed by atoms with Crippen molar-refractivity contribution >= 4 is 16.7 Å². The second-order valence-electron chi connectivity index (χ2n) is 5.89. The van der Waals surface area contributed by atoms with Gasteiger partial charge in [-0.25, -0.2) is 9.97 Å². The Morgan fingerprint density at radius 3 is 2.73 bits per heavy atom. The molecule has 3 heterocycles. The molecule has 0 bridgehead atoms. The molecule has 4 rings (SSSR count). The Morgan fingerprint density at radius 2 is 1.88 bits per heavy atom. The molecule has 26 heavy (non-hydrogen) atoms. The van der Waals surface area contributed by atoms with Gasteiger partial charge in [0.25, 0.3) is 5.91 Å². The Balaban J connectivity index is 1.60. The molecule has 0 saturated carbocycles. The van der Waals surface area contributed by atoms with Crippen LogP contribution in [0, 0.1) is 6.92 Å². The Morgan fingerprint density at radius 1 is 1.00 bits per heavy atom. The molecule has 1 N–H and O–H groups in total. The van der Waals surface area contributed by atoms with Gasteiger partial charge in [-0.05, 0) is 24.4 Å². The number of imidazole rings is 1. The fourth-order valence-electron chi connectivity index (χ4n) is 2.95. The van der Waals surface area contributed by atoms with Crippen LogP contribution in [0.25, 0.3) is 16.6 Å². The number of benzene rings is 1. The number of rotatable bonds is 4. The summed E-state index contributed by atoms with van der Waals surface area (Å²) in [4.78, 5) is 25.6. The van der Waals surface area contributed by atoms with Gasteiger partial charge in [0, 0.05) is 42.3 Å². The molecule has 0 unspecified atom stereocenters. The molecule has 1 aromatic carbocycles. The molecule has 0 fully saturated rings. The first-order valence-corrected chi connectivity index (χ1v) is 8.30. The molecular weight excluding hydrogens is 326 g/mol. The number of hydrogen-bond donors (Lipinski definition) is 1. The molecule has 6 heteroatoms. The predicted molar refractivity (Wildman–Crippen MR) is 99.0 cm³/mol. The minimum Gasteiger partial charge on any atom is -0.346 e. The highest BCUT2D eigenvalue weighted by atomic mass is 16.1. The first kappa shape index (κ1) is 16.0. The van der Waals surface area contributed by atoms with Gasteiger partial charge in [-0.1, -0.05) is 30.3 Å². The van der Waals surface area contributed by atoms with Crippen LogP contribution in [-0.2, 0) is 6.54 Å². The lowest BCUT2D eigenvalue weighted by molar-refractivity contribution is 0.0948. The van der Waals surface area contributed by atoms with E-state index < -0.39 is 0 Å². The van der Waals surface area contributed by atoms with Gasteiger partial charge in [-0.15, -0.1) is 0 Å². The molecule has 0 spiro atoms. The average Bonchev–Trinajstić information content (AvgIpc) is 3.11. The van der Waals surface area contributed by atoms with E-state index in [0.29, 0.717) is 12.2 Å². The van der Waals surface area contributed by atoms with Crippen LogP contribution in [0.3, 0.4) is 0 Å². The lowest BCUT2D eigenvalue weighted by Gasteiger charge is -2.12. The van der Waals surface area contributed by atoms with Crippen LogP contribution in [0.5, 0.6) is 0 Å². The number of amides is 1. The summed E-state index contributed by atoms with van der Waals surface area (Å²) < 4.78 is 1.90. The van der Waals surface area contributed by atoms with Crippen LogP contribution in [-0.4, -0.2) is 25.4 Å². The number of aryl methyl sites for hydroxylation is 1. The zero-order valence-electron chi connectivity index (χ0n) is 14.3. The van der Waals surface area contributed by atoms with Gasteiger partial charge in [0.1, 0.15) is 17.3 Å². The van der Waals surface area contributed by atoms with E-state index in [1.165, 1.54) is 0 Å². The summed E-state index contributed by atoms with van der Waals surface area (Å²) in [5.41, 5.74) is 1.33. The van der Waals surface area contributed by atoms with Crippen LogP contribution >= 0.6 is 0 Å². The van der Waals surface area contributed by atoms with Crippen molar-refractivity contribution in [1.82, 2.24) is 24.8 Å². The van der Waals surface area contributed by atoms with Crippen molar-refractivity contribution in [2.24, 2.45) is 0 Å². The molecule has 1 amide bonds. The maximum Gasteiger partial charge on any atom is 0.270 e. The van der Waals surface area contributed by atoms with Gasteiger partial charge in [0.05, 0.1) is 0 Å². The largest absolute Gasteiger partial charge is 0.346 e. The number of aromatic nitrogens is 4. The predicted octanol–water partition coefficient (Wildman–Crippen LogP) is 3.05. The third kappa shape index (κ3) is 2.93. The molecule has 0 aliphatic carbocycles. The van der Waals surface area contributed by atoms with Gasteiger partial charge >= 0.3 is 0 Å². The van der Waals surface area contributed by atoms with Gasteiger partial charge in [0.15, 0.2) is 0 Å². The summed E-state index contributed by atoms with van der Waals surface area (Å²) in [6, 6.07) is 13.4. The Hall–Kier alpha value is -3.54. The van der Waals surface area contributed by atoms with E-state index >= 15 is 0 Å². The summed E-state index contributed by atoms with van der Waals surface area (Å²) in [6.07, 6.45) is 6.97. The Labute approximate surface area is 150 Å². The van der Waals surface area contributed by atoms with Gasteiger partial charge in [-0.2, -0.15) is 0 Å². The first-order valence-electron chi connectivity index (χ1n) is 8.30. The van der Waals surface area contributed by atoms with Crippen molar-refractivity contribution in [3.8, 4) is 5.82 Å². The number of hydrogen-bond acceptors (Lipinski definition) is 4. The maximum absolute atomic E-state index is 12.7. The van der Waals surface area contributed by atoms with Crippen LogP contribution in [0.15, 0.2) is 67.3 Å². The number of pyridine rings is 2. The highest BCUT2D eigenvalue weighted by molar-refractivity contribution is 6.05. The lowest BCUT2D eigenvalue weighted by atomic mass is 10.1. The highest BCUT2D eigenvalue weighted by Crippen LogP contribution is 2.17. The smallest absolute Gasteiger partial charge is 0.270 e. The third-order valence-corrected chi connectivity index (χ3v) is 4.25. The van der Waals surface area contributed by atoms with Crippen molar-refractivity contribution in [2.75, 3.05) is 0 Å². The molecule has 0 aliphatic rings. The zero-order chi connectivity index (χ0) is 17.9.